The molecule has 156 valence electrons. The number of ether oxygens (including phenoxy) is 2. The van der Waals surface area contributed by atoms with Crippen LogP contribution in [0.15, 0.2) is 47.6 Å². The average Bonchev–Trinajstić information content (AvgIpc) is 3.52. The molecule has 1 aromatic carbocycles. The SMILES string of the molecule is CCNC(=NCc1ccc(OCCOC)nc1)NCC1(c2ccccc2F)CC1. The lowest BCUT2D eigenvalue weighted by atomic mass is 9.95. The van der Waals surface area contributed by atoms with Gasteiger partial charge >= 0.3 is 0 Å². The zero-order valence-corrected chi connectivity index (χ0v) is 17.1. The third kappa shape index (κ3) is 5.90. The number of methoxy groups -OCH3 is 1. The van der Waals surface area contributed by atoms with Crippen LogP contribution in [0.25, 0.3) is 0 Å². The summed E-state index contributed by atoms with van der Waals surface area (Å²) in [5.74, 6) is 1.16. The highest BCUT2D eigenvalue weighted by atomic mass is 19.1. The molecule has 0 radical (unpaired) electrons. The summed E-state index contributed by atoms with van der Waals surface area (Å²) in [6, 6.07) is 10.8. The molecule has 0 bridgehead atoms. The van der Waals surface area contributed by atoms with Crippen molar-refractivity contribution in [1.82, 2.24) is 15.6 Å². The van der Waals surface area contributed by atoms with E-state index in [2.05, 4.69) is 20.6 Å². The Hall–Kier alpha value is -2.67. The number of rotatable bonds is 10. The maximum absolute atomic E-state index is 14.2. The number of aliphatic imine (C=N–C) groups is 1. The zero-order chi connectivity index (χ0) is 20.5. The molecule has 1 heterocycles. The van der Waals surface area contributed by atoms with Gasteiger partial charge in [-0.15, -0.1) is 0 Å². The van der Waals surface area contributed by atoms with Crippen molar-refractivity contribution < 1.29 is 13.9 Å². The second-order valence-corrected chi connectivity index (χ2v) is 7.15. The molecule has 0 spiro atoms. The van der Waals surface area contributed by atoms with E-state index in [0.29, 0.717) is 32.2 Å². The molecule has 1 fully saturated rings. The second-order valence-electron chi connectivity index (χ2n) is 7.15. The van der Waals surface area contributed by atoms with Crippen molar-refractivity contribution in [3.8, 4) is 5.88 Å². The third-order valence-corrected chi connectivity index (χ3v) is 4.99. The van der Waals surface area contributed by atoms with Gasteiger partial charge in [-0.25, -0.2) is 14.4 Å². The molecule has 0 amide bonds. The normalized spacial score (nSPS) is 15.1. The Morgan fingerprint density at radius 1 is 1.17 bits per heavy atom. The van der Waals surface area contributed by atoms with Gasteiger partial charge in [0, 0.05) is 37.9 Å². The first-order valence-corrected chi connectivity index (χ1v) is 10.0. The molecular formula is C22H29FN4O2. The fraction of sp³-hybridized carbons (Fsp3) is 0.455. The van der Waals surface area contributed by atoms with Gasteiger partial charge in [-0.2, -0.15) is 0 Å². The van der Waals surface area contributed by atoms with Crippen molar-refractivity contribution in [2.45, 2.75) is 31.7 Å². The second kappa shape index (κ2) is 10.2. The van der Waals surface area contributed by atoms with Crippen molar-refractivity contribution in [1.29, 1.82) is 0 Å². The van der Waals surface area contributed by atoms with E-state index < -0.39 is 0 Å². The van der Waals surface area contributed by atoms with Gasteiger partial charge in [0.25, 0.3) is 0 Å². The van der Waals surface area contributed by atoms with Crippen LogP contribution in [0, 0.1) is 5.82 Å². The predicted molar refractivity (Wildman–Crippen MR) is 112 cm³/mol. The summed E-state index contributed by atoms with van der Waals surface area (Å²) >= 11 is 0. The lowest BCUT2D eigenvalue weighted by Crippen LogP contribution is -2.41. The summed E-state index contributed by atoms with van der Waals surface area (Å²) < 4.78 is 24.6. The highest BCUT2D eigenvalue weighted by Gasteiger charge is 2.45. The summed E-state index contributed by atoms with van der Waals surface area (Å²) in [6.45, 7) is 4.93. The highest BCUT2D eigenvalue weighted by molar-refractivity contribution is 5.80. The molecule has 2 N–H and O–H groups in total. The Kier molecular flexibility index (Phi) is 7.41. The van der Waals surface area contributed by atoms with Crippen LogP contribution in [0.4, 0.5) is 4.39 Å². The molecule has 0 saturated heterocycles. The lowest BCUT2D eigenvalue weighted by Gasteiger charge is -2.19. The minimum Gasteiger partial charge on any atom is -0.475 e. The number of guanidine groups is 1. The molecule has 0 atom stereocenters. The van der Waals surface area contributed by atoms with E-state index in [1.54, 1.807) is 19.4 Å². The van der Waals surface area contributed by atoms with Gasteiger partial charge in [-0.1, -0.05) is 24.3 Å². The van der Waals surface area contributed by atoms with E-state index in [1.165, 1.54) is 6.07 Å². The maximum Gasteiger partial charge on any atom is 0.213 e. The number of hydrogen-bond acceptors (Lipinski definition) is 4. The zero-order valence-electron chi connectivity index (χ0n) is 17.1. The van der Waals surface area contributed by atoms with Crippen molar-refractivity contribution in [2.75, 3.05) is 33.4 Å². The Balaban J connectivity index is 1.57. The smallest absolute Gasteiger partial charge is 0.213 e. The number of halogens is 1. The topological polar surface area (TPSA) is 67.8 Å². The van der Waals surface area contributed by atoms with Crippen LogP contribution in [0.5, 0.6) is 5.88 Å². The molecule has 0 aliphatic heterocycles. The first kappa shape index (κ1) is 21.0. The molecule has 3 rings (SSSR count). The summed E-state index contributed by atoms with van der Waals surface area (Å²) in [4.78, 5) is 8.93. The maximum atomic E-state index is 14.2. The van der Waals surface area contributed by atoms with Crippen molar-refractivity contribution in [3.63, 3.8) is 0 Å². The molecule has 7 heteroatoms. The number of pyridine rings is 1. The number of benzene rings is 1. The average molecular weight is 400 g/mol. The molecule has 0 unspecified atom stereocenters. The minimum atomic E-state index is -0.135. The van der Waals surface area contributed by atoms with E-state index in [1.807, 2.05) is 31.2 Å². The monoisotopic (exact) mass is 400 g/mol. The van der Waals surface area contributed by atoms with E-state index in [0.717, 1.165) is 36.5 Å². The Morgan fingerprint density at radius 3 is 2.66 bits per heavy atom. The van der Waals surface area contributed by atoms with Gasteiger partial charge < -0.3 is 20.1 Å². The summed E-state index contributed by atoms with van der Waals surface area (Å²) in [7, 11) is 1.63. The molecule has 1 aromatic heterocycles. The lowest BCUT2D eigenvalue weighted by molar-refractivity contribution is 0.143. The molecule has 1 saturated carbocycles. The highest BCUT2D eigenvalue weighted by Crippen LogP contribution is 2.48. The molecule has 2 aromatic rings. The fourth-order valence-corrected chi connectivity index (χ4v) is 3.17. The van der Waals surface area contributed by atoms with E-state index in [9.17, 15) is 4.39 Å². The summed E-state index contributed by atoms with van der Waals surface area (Å²) in [5.41, 5.74) is 1.64. The van der Waals surface area contributed by atoms with Crippen LogP contribution in [-0.2, 0) is 16.7 Å². The molecule has 6 nitrogen and oxygen atoms in total. The van der Waals surface area contributed by atoms with Gasteiger partial charge in [0.1, 0.15) is 12.4 Å². The molecule has 1 aliphatic rings. The van der Waals surface area contributed by atoms with Crippen LogP contribution >= 0.6 is 0 Å². The van der Waals surface area contributed by atoms with Gasteiger partial charge in [-0.05, 0) is 37.0 Å². The van der Waals surface area contributed by atoms with E-state index >= 15 is 0 Å². The van der Waals surface area contributed by atoms with Crippen LogP contribution in [0.2, 0.25) is 0 Å². The number of hydrogen-bond donors (Lipinski definition) is 2. The summed E-state index contributed by atoms with van der Waals surface area (Å²) in [6.07, 6.45) is 3.72. The van der Waals surface area contributed by atoms with Gasteiger partial charge in [-0.3, -0.25) is 0 Å². The van der Waals surface area contributed by atoms with Crippen LogP contribution in [0.1, 0.15) is 30.9 Å². The molecule has 1 aliphatic carbocycles. The molecular weight excluding hydrogens is 371 g/mol. The van der Waals surface area contributed by atoms with E-state index in [-0.39, 0.29) is 11.2 Å². The fourth-order valence-electron chi connectivity index (χ4n) is 3.17. The Bertz CT molecular complexity index is 807. The van der Waals surface area contributed by atoms with Crippen molar-refractivity contribution in [2.24, 2.45) is 4.99 Å². The number of nitrogens with one attached hydrogen (secondary N) is 2. The van der Waals surface area contributed by atoms with Crippen molar-refractivity contribution >= 4 is 5.96 Å². The van der Waals surface area contributed by atoms with Gasteiger partial charge in [0.2, 0.25) is 5.88 Å². The van der Waals surface area contributed by atoms with Crippen LogP contribution in [-0.4, -0.2) is 44.4 Å². The standard InChI is InChI=1S/C22H29FN4O2/c1-3-24-21(26-15-17-8-9-20(25-14-17)29-13-12-28-2)27-16-22(10-11-22)18-6-4-5-7-19(18)23/h4-9,14H,3,10-13,15-16H2,1-2H3,(H2,24,26,27). The van der Waals surface area contributed by atoms with Gasteiger partial charge in [0.05, 0.1) is 13.2 Å². The van der Waals surface area contributed by atoms with E-state index in [4.69, 9.17) is 9.47 Å². The minimum absolute atomic E-state index is 0.132. The van der Waals surface area contributed by atoms with Crippen molar-refractivity contribution in [3.05, 3.63) is 59.5 Å². The largest absolute Gasteiger partial charge is 0.475 e. The quantitative estimate of drug-likeness (QED) is 0.365. The Morgan fingerprint density at radius 2 is 2.00 bits per heavy atom. The first-order chi connectivity index (χ1) is 14.2. The predicted octanol–water partition coefficient (Wildman–Crippen LogP) is 3.03. The number of nitrogens with zero attached hydrogens (tertiary/aromatic N) is 2. The van der Waals surface area contributed by atoms with Crippen LogP contribution < -0.4 is 15.4 Å². The summed E-state index contributed by atoms with van der Waals surface area (Å²) in [5, 5.41) is 6.63. The third-order valence-electron chi connectivity index (χ3n) is 4.99. The number of aromatic nitrogens is 1. The van der Waals surface area contributed by atoms with Crippen LogP contribution in [0.3, 0.4) is 0 Å². The van der Waals surface area contributed by atoms with Gasteiger partial charge in [0.15, 0.2) is 5.96 Å². The first-order valence-electron chi connectivity index (χ1n) is 10.0. The Labute approximate surface area is 171 Å². The molecule has 29 heavy (non-hydrogen) atoms.